The number of fused-ring (bicyclic) bond motifs is 1. The molecule has 0 bridgehead atoms. The van der Waals surface area contributed by atoms with Crippen molar-refractivity contribution in [3.8, 4) is 0 Å². The van der Waals surface area contributed by atoms with E-state index in [-0.39, 0.29) is 5.78 Å². The van der Waals surface area contributed by atoms with E-state index in [4.69, 9.17) is 0 Å². The van der Waals surface area contributed by atoms with Crippen LogP contribution in [-0.2, 0) is 6.54 Å². The Morgan fingerprint density at radius 2 is 0.961 bits per heavy atom. The maximum Gasteiger partial charge on any atom is 0.193 e. The van der Waals surface area contributed by atoms with Crippen molar-refractivity contribution in [2.24, 2.45) is 0 Å². The third-order valence-corrected chi connectivity index (χ3v) is 11.0. The van der Waals surface area contributed by atoms with Gasteiger partial charge >= 0.3 is 0 Å². The summed E-state index contributed by atoms with van der Waals surface area (Å²) >= 11 is 0. The van der Waals surface area contributed by atoms with Crippen molar-refractivity contribution in [3.63, 3.8) is 0 Å². The first-order chi connectivity index (χ1) is 25.2. The van der Waals surface area contributed by atoms with Gasteiger partial charge in [-0.2, -0.15) is 21.9 Å². The molecule has 256 valence electrons. The molecule has 2 aliphatic rings. The van der Waals surface area contributed by atoms with Gasteiger partial charge in [-0.3, -0.25) is 14.6 Å². The first kappa shape index (κ1) is 34.4. The van der Waals surface area contributed by atoms with Crippen molar-refractivity contribution in [2.45, 2.75) is 44.8 Å². The molecule has 0 aliphatic carbocycles. The fourth-order valence-electron chi connectivity index (χ4n) is 8.56. The number of rotatable bonds is 8. The highest BCUT2D eigenvalue weighted by atomic mass is 16.1. The Hall–Kier alpha value is -5.03. The van der Waals surface area contributed by atoms with Gasteiger partial charge in [-0.25, -0.2) is 0 Å². The Labute approximate surface area is 304 Å². The summed E-state index contributed by atoms with van der Waals surface area (Å²) in [6, 6.07) is 61.3. The van der Waals surface area contributed by atoms with Crippen molar-refractivity contribution in [1.29, 1.82) is 0 Å². The Morgan fingerprint density at radius 3 is 1.49 bits per heavy atom. The fourth-order valence-corrected chi connectivity index (χ4v) is 8.56. The molecule has 0 radical (unpaired) electrons. The van der Waals surface area contributed by atoms with Crippen molar-refractivity contribution >= 4 is 33.8 Å². The molecule has 2 aliphatic heterocycles. The number of hydrogen-bond donors (Lipinski definition) is 0. The summed E-state index contributed by atoms with van der Waals surface area (Å²) in [5.74, 6) is 0.113. The van der Waals surface area contributed by atoms with E-state index in [1.165, 1.54) is 72.6 Å². The second-order valence-electron chi connectivity index (χ2n) is 14.1. The van der Waals surface area contributed by atoms with Gasteiger partial charge in [0.05, 0.1) is 6.17 Å². The number of carbonyl (C=O) groups excluding carboxylic acids is 1. The lowest BCUT2D eigenvalue weighted by atomic mass is 9.13. The molecule has 2 saturated heterocycles. The molecule has 1 atom stereocenters. The van der Waals surface area contributed by atoms with Gasteiger partial charge in [0.1, 0.15) is 6.15 Å². The lowest BCUT2D eigenvalue weighted by Crippen LogP contribution is -2.74. The molecule has 0 aromatic heterocycles. The van der Waals surface area contributed by atoms with Gasteiger partial charge in [-0.15, -0.1) is 0 Å². The van der Waals surface area contributed by atoms with Gasteiger partial charge in [-0.1, -0.05) is 183 Å². The SMILES string of the molecule is O=C(c1ccccc1)c1cccc(CN2CCCN3CCCCCC32)c1.c1ccc([B-](c2ccccc2)(c2ccccc2)c2ccccc2)cc1. The molecule has 8 rings (SSSR count). The van der Waals surface area contributed by atoms with Gasteiger partial charge < -0.3 is 0 Å². The molecule has 0 saturated carbocycles. The Balaban J connectivity index is 0.000000159. The highest BCUT2D eigenvalue weighted by molar-refractivity contribution is 7.19. The lowest BCUT2D eigenvalue weighted by molar-refractivity contribution is -0.000352. The first-order valence-electron chi connectivity index (χ1n) is 18.8. The van der Waals surface area contributed by atoms with Crippen LogP contribution in [0, 0.1) is 0 Å². The van der Waals surface area contributed by atoms with Crippen LogP contribution >= 0.6 is 0 Å². The predicted octanol–water partition coefficient (Wildman–Crippen LogP) is 7.39. The minimum Gasteiger partial charge on any atom is -0.289 e. The highest BCUT2D eigenvalue weighted by Crippen LogP contribution is 2.26. The lowest BCUT2D eigenvalue weighted by Gasteiger charge is -2.44. The second-order valence-corrected chi connectivity index (χ2v) is 14.1. The fraction of sp³-hybridized carbons (Fsp3) is 0.213. The van der Waals surface area contributed by atoms with Crippen LogP contribution in [0.3, 0.4) is 0 Å². The van der Waals surface area contributed by atoms with Gasteiger partial charge in [0.25, 0.3) is 0 Å². The van der Waals surface area contributed by atoms with Crippen LogP contribution in [0.25, 0.3) is 0 Å². The van der Waals surface area contributed by atoms with E-state index < -0.39 is 6.15 Å². The normalized spacial score (nSPS) is 16.6. The Kier molecular flexibility index (Phi) is 11.3. The van der Waals surface area contributed by atoms with Crippen LogP contribution in [0.5, 0.6) is 0 Å². The van der Waals surface area contributed by atoms with E-state index >= 15 is 0 Å². The van der Waals surface area contributed by atoms with E-state index in [1.807, 2.05) is 42.5 Å². The Bertz CT molecular complexity index is 1790. The monoisotopic (exact) mass is 667 g/mol. The average Bonchev–Trinajstić information content (AvgIpc) is 3.47. The van der Waals surface area contributed by atoms with Crippen LogP contribution in [0.4, 0.5) is 0 Å². The molecule has 3 nitrogen and oxygen atoms in total. The largest absolute Gasteiger partial charge is 0.289 e. The molecule has 1 unspecified atom stereocenters. The number of carbonyl (C=O) groups is 1. The molecular formula is C47H48BN2O-. The zero-order chi connectivity index (χ0) is 34.7. The predicted molar refractivity (Wildman–Crippen MR) is 215 cm³/mol. The van der Waals surface area contributed by atoms with Crippen LogP contribution in [-0.4, -0.2) is 47.5 Å². The van der Waals surface area contributed by atoms with Crippen LogP contribution in [0.1, 0.15) is 53.6 Å². The standard InChI is InChI=1S/C24H20B.C23H28N2O/c1-5-13-21(14-6-1)25(22-15-7-2-8-16-22,23-17-9-3-10-18-23)24-19-11-4-12-20-24;26-23(20-10-3-1-4-11-20)21-12-7-9-19(17-21)18-25-16-8-15-24-14-6-2-5-13-22(24)25/h1-20H;1,3-4,7,9-12,17,22H,2,5-6,8,13-16,18H2/q-1;. The maximum absolute atomic E-state index is 12.7. The third-order valence-electron chi connectivity index (χ3n) is 11.0. The van der Waals surface area contributed by atoms with Crippen LogP contribution in [0.2, 0.25) is 0 Å². The minimum atomic E-state index is -1.22. The summed E-state index contributed by atoms with van der Waals surface area (Å²) in [6.45, 7) is 4.59. The molecule has 6 aromatic carbocycles. The summed E-state index contributed by atoms with van der Waals surface area (Å²) < 4.78 is 0. The van der Waals surface area contributed by atoms with Gasteiger partial charge in [0.15, 0.2) is 5.78 Å². The molecule has 4 heteroatoms. The zero-order valence-corrected chi connectivity index (χ0v) is 29.6. The number of benzene rings is 6. The van der Waals surface area contributed by atoms with E-state index in [0.717, 1.165) is 24.2 Å². The maximum atomic E-state index is 12.7. The highest BCUT2D eigenvalue weighted by Gasteiger charge is 2.32. The quantitative estimate of drug-likeness (QED) is 0.125. The van der Waals surface area contributed by atoms with Crippen LogP contribution in [0.15, 0.2) is 176 Å². The van der Waals surface area contributed by atoms with Crippen molar-refractivity contribution in [1.82, 2.24) is 9.80 Å². The first-order valence-corrected chi connectivity index (χ1v) is 18.8. The van der Waals surface area contributed by atoms with E-state index in [2.05, 4.69) is 143 Å². The molecule has 2 heterocycles. The topological polar surface area (TPSA) is 23.6 Å². The number of nitrogens with zero attached hydrogens (tertiary/aromatic N) is 2. The van der Waals surface area contributed by atoms with Gasteiger partial charge in [0, 0.05) is 30.8 Å². The molecule has 2 fully saturated rings. The van der Waals surface area contributed by atoms with E-state index in [9.17, 15) is 4.79 Å². The van der Waals surface area contributed by atoms with Crippen LogP contribution < -0.4 is 21.9 Å². The molecule has 0 amide bonds. The number of ketones is 1. The minimum absolute atomic E-state index is 0.113. The van der Waals surface area contributed by atoms with Gasteiger partial charge in [-0.05, 0) is 37.4 Å². The zero-order valence-electron chi connectivity index (χ0n) is 29.6. The summed E-state index contributed by atoms with van der Waals surface area (Å²) in [5, 5.41) is 0. The number of hydrogen-bond acceptors (Lipinski definition) is 3. The Morgan fingerprint density at radius 1 is 0.490 bits per heavy atom. The molecular weight excluding hydrogens is 619 g/mol. The molecule has 0 spiro atoms. The van der Waals surface area contributed by atoms with Gasteiger partial charge in [0.2, 0.25) is 0 Å². The average molecular weight is 668 g/mol. The molecule has 51 heavy (non-hydrogen) atoms. The summed E-state index contributed by atoms with van der Waals surface area (Å²) in [5.41, 5.74) is 8.16. The smallest absolute Gasteiger partial charge is 0.193 e. The van der Waals surface area contributed by atoms with Crippen molar-refractivity contribution < 1.29 is 4.79 Å². The summed E-state index contributed by atoms with van der Waals surface area (Å²) in [4.78, 5) is 18.0. The molecule has 6 aromatic rings. The van der Waals surface area contributed by atoms with E-state index in [0.29, 0.717) is 6.17 Å². The van der Waals surface area contributed by atoms with Crippen molar-refractivity contribution in [2.75, 3.05) is 19.6 Å². The molecule has 0 N–H and O–H groups in total. The summed E-state index contributed by atoms with van der Waals surface area (Å²) in [7, 11) is 0. The third kappa shape index (κ3) is 7.83. The second kappa shape index (κ2) is 16.8. The van der Waals surface area contributed by atoms with Crippen molar-refractivity contribution in [3.05, 3.63) is 193 Å². The summed E-state index contributed by atoms with van der Waals surface area (Å²) in [6.07, 6.45) is 5.94. The van der Waals surface area contributed by atoms with E-state index in [1.54, 1.807) is 0 Å².